The van der Waals surface area contributed by atoms with Gasteiger partial charge in [0.05, 0.1) is 0 Å². The average Bonchev–Trinajstić information content (AvgIpc) is 2.49. The number of rotatable bonds is 5. The Morgan fingerprint density at radius 2 is 1.91 bits per heavy atom. The van der Waals surface area contributed by atoms with Gasteiger partial charge in [0.25, 0.3) is 0 Å². The quantitative estimate of drug-likeness (QED) is 0.824. The van der Waals surface area contributed by atoms with Crippen molar-refractivity contribution in [2.45, 2.75) is 20.4 Å². The molecule has 2 rings (SSSR count). The predicted octanol–water partition coefficient (Wildman–Crippen LogP) is 3.79. The van der Waals surface area contributed by atoms with Gasteiger partial charge in [-0.05, 0) is 48.7 Å². The second-order valence-electron chi connectivity index (χ2n) is 4.98. The molecule has 4 nitrogen and oxygen atoms in total. The first-order valence-corrected chi connectivity index (χ1v) is 7.39. The highest BCUT2D eigenvalue weighted by Crippen LogP contribution is 2.19. The van der Waals surface area contributed by atoms with Crippen LogP contribution in [0.15, 0.2) is 42.5 Å². The summed E-state index contributed by atoms with van der Waals surface area (Å²) < 4.78 is 5.57. The summed E-state index contributed by atoms with van der Waals surface area (Å²) in [6.45, 7) is 4.54. The third-order valence-corrected chi connectivity index (χ3v) is 3.59. The highest BCUT2D eigenvalue weighted by molar-refractivity contribution is 6.30. The Morgan fingerprint density at radius 3 is 2.68 bits per heavy atom. The minimum atomic E-state index is -0.287. The van der Waals surface area contributed by atoms with E-state index in [4.69, 9.17) is 16.3 Å². The SMILES string of the molecule is Cc1cccc(OCNC(=O)NCc2cccc(Cl)c2)c1C. The zero-order valence-corrected chi connectivity index (χ0v) is 13.4. The van der Waals surface area contributed by atoms with Gasteiger partial charge in [0.1, 0.15) is 5.75 Å². The number of urea groups is 1. The Labute approximate surface area is 135 Å². The molecule has 2 aromatic rings. The van der Waals surface area contributed by atoms with Crippen LogP contribution in [0.5, 0.6) is 5.75 Å². The van der Waals surface area contributed by atoms with Gasteiger partial charge < -0.3 is 15.4 Å². The standard InChI is InChI=1S/C17H19ClN2O2/c1-12-5-3-8-16(13(12)2)22-11-20-17(21)19-10-14-6-4-7-15(18)9-14/h3-9H,10-11H2,1-2H3,(H2,19,20,21). The minimum absolute atomic E-state index is 0.117. The fourth-order valence-corrected chi connectivity index (χ4v) is 2.16. The van der Waals surface area contributed by atoms with Crippen molar-refractivity contribution < 1.29 is 9.53 Å². The number of hydrogen-bond acceptors (Lipinski definition) is 2. The van der Waals surface area contributed by atoms with Gasteiger partial charge in [-0.25, -0.2) is 4.79 Å². The molecule has 0 saturated carbocycles. The number of amides is 2. The Hall–Kier alpha value is -2.20. The van der Waals surface area contributed by atoms with Crippen LogP contribution in [-0.4, -0.2) is 12.8 Å². The molecule has 0 unspecified atom stereocenters. The minimum Gasteiger partial charge on any atom is -0.473 e. The molecule has 0 aromatic heterocycles. The van der Waals surface area contributed by atoms with Gasteiger partial charge in [0, 0.05) is 11.6 Å². The van der Waals surface area contributed by atoms with Crippen LogP contribution in [0.4, 0.5) is 4.79 Å². The van der Waals surface area contributed by atoms with Crippen molar-refractivity contribution in [1.29, 1.82) is 0 Å². The highest BCUT2D eigenvalue weighted by atomic mass is 35.5. The normalized spacial score (nSPS) is 10.1. The Kier molecular flexibility index (Phi) is 5.67. The Morgan fingerprint density at radius 1 is 1.14 bits per heavy atom. The molecule has 22 heavy (non-hydrogen) atoms. The molecule has 0 bridgehead atoms. The number of halogens is 1. The fourth-order valence-electron chi connectivity index (χ4n) is 1.95. The van der Waals surface area contributed by atoms with E-state index in [1.807, 2.05) is 50.2 Å². The topological polar surface area (TPSA) is 50.4 Å². The van der Waals surface area contributed by atoms with E-state index in [0.717, 1.165) is 22.4 Å². The zero-order valence-electron chi connectivity index (χ0n) is 12.7. The number of nitrogens with one attached hydrogen (secondary N) is 2. The lowest BCUT2D eigenvalue weighted by molar-refractivity contribution is 0.223. The van der Waals surface area contributed by atoms with Crippen molar-refractivity contribution >= 4 is 17.6 Å². The second kappa shape index (κ2) is 7.71. The summed E-state index contributed by atoms with van der Waals surface area (Å²) in [5, 5.41) is 6.06. The molecule has 116 valence electrons. The van der Waals surface area contributed by atoms with Gasteiger partial charge in [-0.15, -0.1) is 0 Å². The first-order valence-electron chi connectivity index (χ1n) is 7.01. The molecule has 2 aromatic carbocycles. The molecule has 0 radical (unpaired) electrons. The third kappa shape index (κ3) is 4.67. The molecule has 5 heteroatoms. The Bertz CT molecular complexity index is 659. The largest absolute Gasteiger partial charge is 0.473 e. The summed E-state index contributed by atoms with van der Waals surface area (Å²) in [4.78, 5) is 11.7. The number of benzene rings is 2. The summed E-state index contributed by atoms with van der Waals surface area (Å²) in [5.74, 6) is 0.773. The van der Waals surface area contributed by atoms with Crippen molar-refractivity contribution in [3.05, 3.63) is 64.2 Å². The van der Waals surface area contributed by atoms with Gasteiger partial charge in [-0.2, -0.15) is 0 Å². The monoisotopic (exact) mass is 318 g/mol. The maximum Gasteiger partial charge on any atom is 0.317 e. The molecule has 0 aliphatic rings. The summed E-state index contributed by atoms with van der Waals surface area (Å²) in [5.41, 5.74) is 3.17. The van der Waals surface area contributed by atoms with Crippen LogP contribution in [0.25, 0.3) is 0 Å². The van der Waals surface area contributed by atoms with Crippen LogP contribution in [0.2, 0.25) is 5.02 Å². The lowest BCUT2D eigenvalue weighted by Gasteiger charge is -2.12. The second-order valence-corrected chi connectivity index (χ2v) is 5.41. The molecule has 2 N–H and O–H groups in total. The van der Waals surface area contributed by atoms with E-state index >= 15 is 0 Å². The number of carbonyl (C=O) groups is 1. The van der Waals surface area contributed by atoms with E-state index in [9.17, 15) is 4.79 Å². The third-order valence-electron chi connectivity index (χ3n) is 3.36. The first-order chi connectivity index (χ1) is 10.6. The van der Waals surface area contributed by atoms with E-state index in [-0.39, 0.29) is 12.8 Å². The van der Waals surface area contributed by atoms with Crippen molar-refractivity contribution in [2.75, 3.05) is 6.73 Å². The van der Waals surface area contributed by atoms with Crippen molar-refractivity contribution in [1.82, 2.24) is 10.6 Å². The maximum absolute atomic E-state index is 11.7. The molecule has 0 aliphatic heterocycles. The van der Waals surface area contributed by atoms with E-state index < -0.39 is 0 Å². The molecular formula is C17H19ClN2O2. The van der Waals surface area contributed by atoms with Gasteiger partial charge in [-0.3, -0.25) is 0 Å². The maximum atomic E-state index is 11.7. The van der Waals surface area contributed by atoms with Crippen LogP contribution in [-0.2, 0) is 6.54 Å². The predicted molar refractivity (Wildman–Crippen MR) is 88.2 cm³/mol. The van der Waals surface area contributed by atoms with E-state index in [0.29, 0.717) is 11.6 Å². The smallest absolute Gasteiger partial charge is 0.317 e. The molecule has 0 aliphatic carbocycles. The van der Waals surface area contributed by atoms with Crippen LogP contribution in [0.3, 0.4) is 0 Å². The molecule has 0 atom stereocenters. The van der Waals surface area contributed by atoms with Crippen LogP contribution >= 0.6 is 11.6 Å². The summed E-state index contributed by atoms with van der Waals surface area (Å²) in [7, 11) is 0. The van der Waals surface area contributed by atoms with Crippen LogP contribution < -0.4 is 15.4 Å². The van der Waals surface area contributed by atoms with Crippen molar-refractivity contribution in [3.63, 3.8) is 0 Å². The van der Waals surface area contributed by atoms with Gasteiger partial charge in [0.2, 0.25) is 0 Å². The number of hydrogen-bond donors (Lipinski definition) is 2. The summed E-state index contributed by atoms with van der Waals surface area (Å²) >= 11 is 5.89. The fraction of sp³-hybridized carbons (Fsp3) is 0.235. The lowest BCUT2D eigenvalue weighted by Crippen LogP contribution is -2.37. The van der Waals surface area contributed by atoms with Gasteiger partial charge in [-0.1, -0.05) is 35.9 Å². The van der Waals surface area contributed by atoms with Gasteiger partial charge in [0.15, 0.2) is 6.73 Å². The molecule has 2 amide bonds. The summed E-state index contributed by atoms with van der Waals surface area (Å²) in [6, 6.07) is 12.9. The van der Waals surface area contributed by atoms with Crippen LogP contribution in [0, 0.1) is 13.8 Å². The molecule has 0 saturated heterocycles. The number of carbonyl (C=O) groups excluding carboxylic acids is 1. The Balaban J connectivity index is 1.75. The van der Waals surface area contributed by atoms with E-state index in [1.54, 1.807) is 6.07 Å². The first kappa shape index (κ1) is 16.2. The lowest BCUT2D eigenvalue weighted by atomic mass is 10.1. The van der Waals surface area contributed by atoms with E-state index in [2.05, 4.69) is 10.6 Å². The zero-order chi connectivity index (χ0) is 15.9. The molecular weight excluding hydrogens is 300 g/mol. The molecule has 0 fully saturated rings. The summed E-state index contributed by atoms with van der Waals surface area (Å²) in [6.07, 6.45) is 0. The van der Waals surface area contributed by atoms with Gasteiger partial charge >= 0.3 is 6.03 Å². The average molecular weight is 319 g/mol. The number of aryl methyl sites for hydroxylation is 1. The van der Waals surface area contributed by atoms with Crippen molar-refractivity contribution in [3.8, 4) is 5.75 Å². The highest BCUT2D eigenvalue weighted by Gasteiger charge is 2.03. The van der Waals surface area contributed by atoms with Crippen LogP contribution in [0.1, 0.15) is 16.7 Å². The molecule has 0 heterocycles. The van der Waals surface area contributed by atoms with Crippen molar-refractivity contribution in [2.24, 2.45) is 0 Å². The number of ether oxygens (including phenoxy) is 1. The molecule has 0 spiro atoms. The van der Waals surface area contributed by atoms with E-state index in [1.165, 1.54) is 0 Å².